The summed E-state index contributed by atoms with van der Waals surface area (Å²) in [6, 6.07) is 0. The summed E-state index contributed by atoms with van der Waals surface area (Å²) in [4.78, 5) is 52.9. The van der Waals surface area contributed by atoms with Gasteiger partial charge in [0.15, 0.2) is 6.10 Å². The molecule has 0 aromatic carbocycles. The van der Waals surface area contributed by atoms with Crippen molar-refractivity contribution >= 4 is 27.6 Å². The van der Waals surface area contributed by atoms with Crippen molar-refractivity contribution in [2.75, 3.05) is 13.2 Å². The van der Waals surface area contributed by atoms with E-state index in [0.717, 1.165) is 32.1 Å². The van der Waals surface area contributed by atoms with Crippen LogP contribution in [0.4, 0.5) is 0 Å². The van der Waals surface area contributed by atoms with E-state index in [1.807, 2.05) is 11.8 Å². The predicted octanol–water partition coefficient (Wildman–Crippen LogP) is 2.00. The fourth-order valence-electron chi connectivity index (χ4n) is 5.02. The third kappa shape index (κ3) is 21.1. The summed E-state index contributed by atoms with van der Waals surface area (Å²) in [6.07, 6.45) is 4.08. The monoisotopic (exact) mass is 776 g/mol. The third-order valence-corrected chi connectivity index (χ3v) is 9.16. The highest BCUT2D eigenvalue weighted by Gasteiger charge is 2.54. The Morgan fingerprint density at radius 2 is 1.13 bits per heavy atom. The van der Waals surface area contributed by atoms with E-state index in [-0.39, 0.29) is 6.42 Å². The van der Waals surface area contributed by atoms with Gasteiger partial charge in [0.25, 0.3) is 0 Å². The second-order valence-electron chi connectivity index (χ2n) is 12.0. The summed E-state index contributed by atoms with van der Waals surface area (Å²) in [5.74, 6) is 13.4. The van der Waals surface area contributed by atoms with E-state index in [1.165, 1.54) is 44.9 Å². The van der Waals surface area contributed by atoms with Crippen molar-refractivity contribution in [3.63, 3.8) is 0 Å². The number of carbonyl (C=O) groups is 2. The minimum absolute atomic E-state index is 0.0162. The quantitative estimate of drug-likeness (QED) is 0.0243. The molecule has 0 radical (unpaired) electrons. The van der Waals surface area contributed by atoms with Crippen molar-refractivity contribution in [2.45, 2.75) is 140 Å². The van der Waals surface area contributed by atoms with Gasteiger partial charge in [0, 0.05) is 12.3 Å². The van der Waals surface area contributed by atoms with Gasteiger partial charge in [-0.15, -0.1) is 6.42 Å². The Balaban J connectivity index is 2.73. The van der Waals surface area contributed by atoms with Crippen LogP contribution in [0, 0.1) is 47.9 Å². The standard InChI is InChI=1S/C34H50O16P2/c1-3-5-7-9-11-12-13-14-15-16-17-19-21-23-28(36)48-26(24-46-27(35)22-20-18-10-8-6-4-2)25-47-52(44,45)50-34-31(39)29(37)33(30(38)32(34)40)49-51(41,42)43/h2,26,29-34,37-40H,3,5,7,9,11-17,19,21,23-25H2,1H3,(H,44,45)(H2,41,42,43)/t26-,29-,30+,31?,32-,33?,34?/m1/s1. The van der Waals surface area contributed by atoms with Crippen molar-refractivity contribution in [1.82, 2.24) is 0 Å². The fourth-order valence-corrected chi connectivity index (χ4v) is 6.55. The molecule has 8 atom stereocenters. The SMILES string of the molecule is C#CC#CC#CC#CC(=O)OC[C@H](COP(=O)(O)OC1C(O)[C@@H](O)C(OP(=O)(O)O)[C@@H](O)[C@H]1O)OC(=O)CCCCCCCCCCCCCCC. The van der Waals surface area contributed by atoms with Crippen LogP contribution in [-0.4, -0.2) is 103 Å². The largest absolute Gasteiger partial charge is 0.472 e. The molecule has 1 saturated carbocycles. The van der Waals surface area contributed by atoms with Gasteiger partial charge in [-0.3, -0.25) is 18.4 Å². The van der Waals surface area contributed by atoms with Crippen molar-refractivity contribution in [2.24, 2.45) is 0 Å². The first-order valence-electron chi connectivity index (χ1n) is 17.1. The number of phosphoric acid groups is 2. The zero-order valence-corrected chi connectivity index (χ0v) is 30.9. The van der Waals surface area contributed by atoms with Crippen molar-refractivity contribution < 1.29 is 76.9 Å². The summed E-state index contributed by atoms with van der Waals surface area (Å²) in [5.41, 5.74) is 0. The highest BCUT2D eigenvalue weighted by molar-refractivity contribution is 7.47. The molecule has 7 N–H and O–H groups in total. The van der Waals surface area contributed by atoms with Crippen molar-refractivity contribution in [1.29, 1.82) is 0 Å². The van der Waals surface area contributed by atoms with Crippen LogP contribution in [0.15, 0.2) is 0 Å². The molecule has 1 rings (SSSR count). The Kier molecular flexibility index (Phi) is 23.7. The molecule has 0 heterocycles. The third-order valence-electron chi connectivity index (χ3n) is 7.65. The van der Waals surface area contributed by atoms with Gasteiger partial charge in [0.1, 0.15) is 43.2 Å². The molecular weight excluding hydrogens is 726 g/mol. The number of esters is 2. The van der Waals surface area contributed by atoms with Gasteiger partial charge in [-0.25, -0.2) is 13.9 Å². The summed E-state index contributed by atoms with van der Waals surface area (Å²) >= 11 is 0. The molecule has 0 spiro atoms. The van der Waals surface area contributed by atoms with Gasteiger partial charge in [0.2, 0.25) is 0 Å². The van der Waals surface area contributed by atoms with Crippen LogP contribution >= 0.6 is 15.6 Å². The van der Waals surface area contributed by atoms with Gasteiger partial charge < -0.3 is 44.6 Å². The molecule has 1 fully saturated rings. The number of phosphoric ester groups is 2. The first-order valence-corrected chi connectivity index (χ1v) is 20.1. The van der Waals surface area contributed by atoms with Crippen LogP contribution in [0.5, 0.6) is 0 Å². The summed E-state index contributed by atoms with van der Waals surface area (Å²) < 4.78 is 48.0. The van der Waals surface area contributed by atoms with E-state index >= 15 is 0 Å². The molecule has 0 bridgehead atoms. The van der Waals surface area contributed by atoms with Gasteiger partial charge in [-0.1, -0.05) is 84.0 Å². The molecule has 0 amide bonds. The topological polar surface area (TPSA) is 256 Å². The number of terminal acetylenes is 1. The lowest BCUT2D eigenvalue weighted by Gasteiger charge is -2.43. The lowest BCUT2D eigenvalue weighted by atomic mass is 9.85. The van der Waals surface area contributed by atoms with E-state index in [4.69, 9.17) is 34.7 Å². The zero-order valence-electron chi connectivity index (χ0n) is 29.1. The number of carbonyl (C=O) groups excluding carboxylic acids is 2. The maximum atomic E-state index is 12.7. The molecule has 0 aliphatic heterocycles. The lowest BCUT2D eigenvalue weighted by Crippen LogP contribution is -2.64. The molecule has 16 nitrogen and oxygen atoms in total. The van der Waals surface area contributed by atoms with Crippen LogP contribution in [0.3, 0.4) is 0 Å². The summed E-state index contributed by atoms with van der Waals surface area (Å²) in [5, 5.41) is 41.0. The molecule has 292 valence electrons. The first-order chi connectivity index (χ1) is 24.6. The Bertz CT molecular complexity index is 1410. The average molecular weight is 777 g/mol. The number of aliphatic hydroxyl groups is 4. The van der Waals surface area contributed by atoms with Crippen LogP contribution in [0.2, 0.25) is 0 Å². The van der Waals surface area contributed by atoms with Crippen LogP contribution in [-0.2, 0) is 41.8 Å². The summed E-state index contributed by atoms with van der Waals surface area (Å²) in [7, 11) is -10.6. The lowest BCUT2D eigenvalue weighted by molar-refractivity contribution is -0.216. The minimum atomic E-state index is -5.32. The predicted molar refractivity (Wildman–Crippen MR) is 185 cm³/mol. The molecule has 4 unspecified atom stereocenters. The van der Waals surface area contributed by atoms with Crippen molar-refractivity contribution in [3.8, 4) is 47.9 Å². The smallest absolute Gasteiger partial charge is 0.456 e. The van der Waals surface area contributed by atoms with E-state index in [9.17, 15) is 44.0 Å². The molecule has 0 saturated heterocycles. The number of hydrogen-bond acceptors (Lipinski definition) is 13. The number of aliphatic hydroxyl groups excluding tert-OH is 4. The average Bonchev–Trinajstić information content (AvgIpc) is 3.08. The van der Waals surface area contributed by atoms with Gasteiger partial charge in [-0.05, 0) is 41.9 Å². The first kappa shape index (κ1) is 47.3. The minimum Gasteiger partial charge on any atom is -0.456 e. The zero-order chi connectivity index (χ0) is 39.0. The highest BCUT2D eigenvalue weighted by Crippen LogP contribution is 2.48. The molecule has 52 heavy (non-hydrogen) atoms. The van der Waals surface area contributed by atoms with Gasteiger partial charge in [-0.2, -0.15) is 0 Å². The van der Waals surface area contributed by atoms with Crippen molar-refractivity contribution in [3.05, 3.63) is 0 Å². The maximum absolute atomic E-state index is 12.7. The highest BCUT2D eigenvalue weighted by atomic mass is 31.2. The van der Waals surface area contributed by atoms with E-state index in [1.54, 1.807) is 0 Å². The molecule has 0 aromatic rings. The normalized spacial score (nSPS) is 22.8. The van der Waals surface area contributed by atoms with Gasteiger partial charge >= 0.3 is 27.6 Å². The molecule has 0 aromatic heterocycles. The molecular formula is C34H50O16P2. The van der Waals surface area contributed by atoms with E-state index < -0.39 is 83.5 Å². The van der Waals surface area contributed by atoms with Crippen LogP contribution in [0.1, 0.15) is 96.8 Å². The molecule has 1 aliphatic rings. The number of rotatable bonds is 24. The molecule has 1 aliphatic carbocycles. The summed E-state index contributed by atoms with van der Waals surface area (Å²) in [6.45, 7) is 0.575. The maximum Gasteiger partial charge on any atom is 0.472 e. The Hall–Kier alpha value is -2.76. The van der Waals surface area contributed by atoms with Crippen LogP contribution < -0.4 is 0 Å². The fraction of sp³-hybridized carbons (Fsp3) is 0.706. The van der Waals surface area contributed by atoms with E-state index in [2.05, 4.69) is 41.0 Å². The van der Waals surface area contributed by atoms with E-state index in [0.29, 0.717) is 6.42 Å². The van der Waals surface area contributed by atoms with Gasteiger partial charge in [0.05, 0.1) is 6.61 Å². The Morgan fingerprint density at radius 3 is 1.63 bits per heavy atom. The Labute approximate surface area is 304 Å². The van der Waals surface area contributed by atoms with Crippen LogP contribution in [0.25, 0.3) is 0 Å². The second kappa shape index (κ2) is 26.1. The molecule has 18 heteroatoms. The number of ether oxygens (including phenoxy) is 2. The number of unbranched alkanes of at least 4 members (excludes halogenated alkanes) is 12. The Morgan fingerprint density at radius 1 is 0.673 bits per heavy atom. The number of hydrogen-bond donors (Lipinski definition) is 7. The second-order valence-corrected chi connectivity index (χ2v) is 14.6.